The van der Waals surface area contributed by atoms with E-state index in [1.807, 2.05) is 12.1 Å². The highest BCUT2D eigenvalue weighted by Crippen LogP contribution is 2.31. The number of nitro benzene ring substituents is 1. The number of imide groups is 1. The molecule has 1 heterocycles. The van der Waals surface area contributed by atoms with Crippen molar-refractivity contribution in [1.29, 1.82) is 0 Å². The minimum Gasteiger partial charge on any atom is -0.324 e. The number of rotatable bonds is 5. The molecule has 2 aromatic rings. The molecule has 168 valence electrons. The van der Waals surface area contributed by atoms with Gasteiger partial charge in [0.05, 0.1) is 16.2 Å². The zero-order chi connectivity index (χ0) is 23.8. The zero-order valence-corrected chi connectivity index (χ0v) is 18.7. The van der Waals surface area contributed by atoms with Crippen molar-refractivity contribution in [2.45, 2.75) is 45.6 Å². The maximum atomic E-state index is 13.1. The van der Waals surface area contributed by atoms with E-state index in [1.165, 1.54) is 25.1 Å². The van der Waals surface area contributed by atoms with E-state index in [-0.39, 0.29) is 22.4 Å². The SMILES string of the molecule is Cc1c(NC(=O)CN2C(=O)N[C@@](C)(c3ccc(C(C)(C)C)cc3)C2=O)cccc1[N+](=O)[O-]. The minimum absolute atomic E-state index is 0.0584. The number of nitrogens with zero attached hydrogens (tertiary/aromatic N) is 2. The number of anilines is 1. The summed E-state index contributed by atoms with van der Waals surface area (Å²) in [5, 5.41) is 16.3. The van der Waals surface area contributed by atoms with Crippen LogP contribution in [0.2, 0.25) is 0 Å². The van der Waals surface area contributed by atoms with Crippen LogP contribution < -0.4 is 10.6 Å². The van der Waals surface area contributed by atoms with Gasteiger partial charge in [0.25, 0.3) is 11.6 Å². The second kappa shape index (κ2) is 8.07. The smallest absolute Gasteiger partial charge is 0.324 e. The Morgan fingerprint density at radius 3 is 2.34 bits per heavy atom. The number of amides is 4. The van der Waals surface area contributed by atoms with Crippen LogP contribution in [0.5, 0.6) is 0 Å². The van der Waals surface area contributed by atoms with E-state index in [1.54, 1.807) is 19.1 Å². The highest BCUT2D eigenvalue weighted by atomic mass is 16.6. The molecular formula is C23H26N4O5. The van der Waals surface area contributed by atoms with E-state index < -0.39 is 34.9 Å². The molecule has 1 fully saturated rings. The van der Waals surface area contributed by atoms with Gasteiger partial charge in [0.15, 0.2) is 0 Å². The van der Waals surface area contributed by atoms with E-state index in [9.17, 15) is 24.5 Å². The van der Waals surface area contributed by atoms with Crippen molar-refractivity contribution in [3.8, 4) is 0 Å². The van der Waals surface area contributed by atoms with E-state index in [0.29, 0.717) is 5.56 Å². The summed E-state index contributed by atoms with van der Waals surface area (Å²) in [6, 6.07) is 11.1. The lowest BCUT2D eigenvalue weighted by molar-refractivity contribution is -0.385. The van der Waals surface area contributed by atoms with Gasteiger partial charge in [-0.15, -0.1) is 0 Å². The van der Waals surface area contributed by atoms with Crippen molar-refractivity contribution in [1.82, 2.24) is 10.2 Å². The molecule has 9 nitrogen and oxygen atoms in total. The summed E-state index contributed by atoms with van der Waals surface area (Å²) >= 11 is 0. The van der Waals surface area contributed by atoms with E-state index in [2.05, 4.69) is 31.4 Å². The third-order valence-corrected chi connectivity index (χ3v) is 5.68. The molecule has 4 amide bonds. The van der Waals surface area contributed by atoms with Crippen LogP contribution >= 0.6 is 0 Å². The van der Waals surface area contributed by atoms with Gasteiger partial charge in [-0.05, 0) is 36.5 Å². The lowest BCUT2D eigenvalue weighted by atomic mass is 9.84. The highest BCUT2D eigenvalue weighted by Gasteiger charge is 2.49. The summed E-state index contributed by atoms with van der Waals surface area (Å²) in [5.74, 6) is -1.18. The highest BCUT2D eigenvalue weighted by molar-refractivity contribution is 6.10. The van der Waals surface area contributed by atoms with Gasteiger partial charge in [-0.2, -0.15) is 0 Å². The predicted octanol–water partition coefficient (Wildman–Crippen LogP) is 3.61. The Bertz CT molecular complexity index is 1100. The molecule has 2 aromatic carbocycles. The Kier molecular flexibility index (Phi) is 5.78. The molecule has 0 bridgehead atoms. The molecule has 1 saturated heterocycles. The largest absolute Gasteiger partial charge is 0.325 e. The molecule has 0 spiro atoms. The molecule has 0 radical (unpaired) electrons. The van der Waals surface area contributed by atoms with Gasteiger partial charge >= 0.3 is 6.03 Å². The van der Waals surface area contributed by atoms with Crippen LogP contribution in [0.4, 0.5) is 16.2 Å². The molecule has 0 aromatic heterocycles. The van der Waals surface area contributed by atoms with E-state index in [0.717, 1.165) is 10.5 Å². The molecule has 2 N–H and O–H groups in total. The summed E-state index contributed by atoms with van der Waals surface area (Å²) < 4.78 is 0. The first-order chi connectivity index (χ1) is 14.8. The van der Waals surface area contributed by atoms with Gasteiger partial charge in [0.2, 0.25) is 5.91 Å². The Labute approximate surface area is 185 Å². The predicted molar refractivity (Wildman–Crippen MR) is 119 cm³/mol. The first kappa shape index (κ1) is 22.9. The van der Waals surface area contributed by atoms with Crippen LogP contribution in [0.1, 0.15) is 44.4 Å². The van der Waals surface area contributed by atoms with Crippen LogP contribution in [0.15, 0.2) is 42.5 Å². The third kappa shape index (κ3) is 4.18. The molecule has 0 unspecified atom stereocenters. The molecule has 1 aliphatic heterocycles. The van der Waals surface area contributed by atoms with E-state index in [4.69, 9.17) is 0 Å². The maximum absolute atomic E-state index is 13.1. The summed E-state index contributed by atoms with van der Waals surface area (Å²) in [6.45, 7) is 8.84. The third-order valence-electron chi connectivity index (χ3n) is 5.68. The lowest BCUT2D eigenvalue weighted by Gasteiger charge is -2.24. The van der Waals surface area contributed by atoms with Crippen LogP contribution in [0.25, 0.3) is 0 Å². The van der Waals surface area contributed by atoms with Gasteiger partial charge in [-0.1, -0.05) is 51.1 Å². The number of benzene rings is 2. The number of carbonyl (C=O) groups excluding carboxylic acids is 3. The fourth-order valence-electron chi connectivity index (χ4n) is 3.63. The van der Waals surface area contributed by atoms with Crippen LogP contribution in [0, 0.1) is 17.0 Å². The summed E-state index contributed by atoms with van der Waals surface area (Å²) in [6.07, 6.45) is 0. The van der Waals surface area contributed by atoms with Crippen LogP contribution in [0.3, 0.4) is 0 Å². The molecule has 0 saturated carbocycles. The quantitative estimate of drug-likeness (QED) is 0.420. The van der Waals surface area contributed by atoms with Gasteiger partial charge < -0.3 is 10.6 Å². The number of carbonyl (C=O) groups is 3. The van der Waals surface area contributed by atoms with Gasteiger partial charge in [-0.25, -0.2) is 4.79 Å². The Balaban J connectivity index is 1.77. The number of hydrogen-bond donors (Lipinski definition) is 2. The van der Waals surface area contributed by atoms with Crippen LogP contribution in [-0.2, 0) is 20.5 Å². The minimum atomic E-state index is -1.30. The van der Waals surface area contributed by atoms with Gasteiger partial charge in [0, 0.05) is 6.07 Å². The standard InChI is InChI=1S/C23H26N4O5/c1-14-17(7-6-8-18(14)27(31)32)24-19(28)13-26-20(29)23(5,25-21(26)30)16-11-9-15(10-12-16)22(2,3)4/h6-12H,13H2,1-5H3,(H,24,28)(H,25,30)/t23-/m0/s1. The zero-order valence-electron chi connectivity index (χ0n) is 18.7. The van der Waals surface area contributed by atoms with Crippen molar-refractivity contribution in [3.05, 3.63) is 69.3 Å². The second-order valence-corrected chi connectivity index (χ2v) is 9.03. The lowest BCUT2D eigenvalue weighted by Crippen LogP contribution is -2.42. The summed E-state index contributed by atoms with van der Waals surface area (Å²) in [4.78, 5) is 49.6. The number of hydrogen-bond acceptors (Lipinski definition) is 5. The van der Waals surface area contributed by atoms with Crippen molar-refractivity contribution in [3.63, 3.8) is 0 Å². The van der Waals surface area contributed by atoms with Crippen molar-refractivity contribution in [2.24, 2.45) is 0 Å². The van der Waals surface area contributed by atoms with Gasteiger partial charge in [0.1, 0.15) is 12.1 Å². The van der Waals surface area contributed by atoms with Gasteiger partial charge in [-0.3, -0.25) is 24.6 Å². The molecule has 1 atom stereocenters. The average Bonchev–Trinajstić information content (AvgIpc) is 2.93. The topological polar surface area (TPSA) is 122 Å². The number of nitro groups is 1. The summed E-state index contributed by atoms with van der Waals surface area (Å²) in [7, 11) is 0. The first-order valence-electron chi connectivity index (χ1n) is 10.1. The van der Waals surface area contributed by atoms with Crippen molar-refractivity contribution in [2.75, 3.05) is 11.9 Å². The molecule has 1 aliphatic rings. The Morgan fingerprint density at radius 1 is 1.16 bits per heavy atom. The molecule has 0 aliphatic carbocycles. The van der Waals surface area contributed by atoms with Crippen molar-refractivity contribution < 1.29 is 19.3 Å². The fourth-order valence-corrected chi connectivity index (χ4v) is 3.63. The monoisotopic (exact) mass is 438 g/mol. The van der Waals surface area contributed by atoms with Crippen LogP contribution in [-0.4, -0.2) is 34.2 Å². The molecule has 32 heavy (non-hydrogen) atoms. The molecule has 9 heteroatoms. The Morgan fingerprint density at radius 2 is 1.78 bits per heavy atom. The maximum Gasteiger partial charge on any atom is 0.325 e. The fraction of sp³-hybridized carbons (Fsp3) is 0.348. The van der Waals surface area contributed by atoms with E-state index >= 15 is 0 Å². The van der Waals surface area contributed by atoms with Crippen molar-refractivity contribution >= 4 is 29.2 Å². The molecule has 3 rings (SSSR count). The first-order valence-corrected chi connectivity index (χ1v) is 10.1. The second-order valence-electron chi connectivity index (χ2n) is 9.03. The average molecular weight is 438 g/mol. The normalized spacial score (nSPS) is 18.5. The summed E-state index contributed by atoms with van der Waals surface area (Å²) in [5.41, 5.74) is 0.742. The number of urea groups is 1. The Hall–Kier alpha value is -3.75. The number of nitrogens with one attached hydrogen (secondary N) is 2. The molecular weight excluding hydrogens is 412 g/mol.